The zero-order valence-corrected chi connectivity index (χ0v) is 19.6. The maximum absolute atomic E-state index is 13.8. The SMILES string of the molecule is CS(=O)(=O)ON=C(N)NC(=O)c1ccc(N2CCN(C(=O)c3ccc(F)cc3)CC2)c(C(F)(F)F)c1. The van der Waals surface area contributed by atoms with Crippen LogP contribution in [-0.2, 0) is 20.6 Å². The largest absolute Gasteiger partial charge is 0.418 e. The molecule has 10 nitrogen and oxygen atoms in total. The quantitative estimate of drug-likeness (QED) is 0.260. The van der Waals surface area contributed by atoms with Crippen molar-refractivity contribution in [2.75, 3.05) is 37.3 Å². The van der Waals surface area contributed by atoms with Crippen LogP contribution in [0.15, 0.2) is 47.6 Å². The van der Waals surface area contributed by atoms with E-state index >= 15 is 0 Å². The Bertz CT molecular complexity index is 1270. The molecule has 194 valence electrons. The lowest BCUT2D eigenvalue weighted by atomic mass is 10.1. The fourth-order valence-electron chi connectivity index (χ4n) is 3.42. The molecule has 1 aliphatic heterocycles. The lowest BCUT2D eigenvalue weighted by Crippen LogP contribution is -2.49. The van der Waals surface area contributed by atoms with E-state index in [1.54, 1.807) is 0 Å². The number of amides is 2. The average Bonchev–Trinajstić information content (AvgIpc) is 2.81. The molecule has 1 heterocycles. The third-order valence-electron chi connectivity index (χ3n) is 5.08. The van der Waals surface area contributed by atoms with Gasteiger partial charge in [-0.15, -0.1) is 0 Å². The molecule has 0 atom stereocenters. The monoisotopic (exact) mass is 531 g/mol. The number of anilines is 1. The molecule has 0 aliphatic carbocycles. The van der Waals surface area contributed by atoms with E-state index < -0.39 is 45.1 Å². The molecule has 0 bridgehead atoms. The number of alkyl halides is 3. The number of carbonyl (C=O) groups is 2. The van der Waals surface area contributed by atoms with E-state index in [4.69, 9.17) is 5.73 Å². The molecular weight excluding hydrogens is 510 g/mol. The highest BCUT2D eigenvalue weighted by Crippen LogP contribution is 2.37. The molecule has 3 rings (SSSR count). The number of benzene rings is 2. The number of halogens is 4. The predicted octanol–water partition coefficient (Wildman–Crippen LogP) is 1.74. The van der Waals surface area contributed by atoms with Crippen molar-refractivity contribution >= 4 is 33.6 Å². The molecule has 1 fully saturated rings. The van der Waals surface area contributed by atoms with Gasteiger partial charge in [-0.25, -0.2) is 4.39 Å². The van der Waals surface area contributed by atoms with E-state index in [0.717, 1.165) is 24.3 Å². The zero-order chi connectivity index (χ0) is 26.7. The molecular formula is C21H21F4N5O5S. The fourth-order valence-corrected chi connectivity index (χ4v) is 3.64. The van der Waals surface area contributed by atoms with Gasteiger partial charge in [0.15, 0.2) is 0 Å². The first-order chi connectivity index (χ1) is 16.7. The Morgan fingerprint density at radius 3 is 2.17 bits per heavy atom. The standard InChI is InChI=1S/C21H21F4N5O5S/c1-36(33,34)35-28-20(26)27-18(31)14-4-7-17(16(12-14)21(23,24)25)29-8-10-30(11-9-29)19(32)13-2-5-15(22)6-3-13/h2-7,12H,8-11H2,1H3,(H3,26,27,28,31). The second kappa shape index (κ2) is 10.4. The Balaban J connectivity index is 1.74. The number of nitrogens with two attached hydrogens (primary N) is 1. The van der Waals surface area contributed by atoms with Crippen molar-refractivity contribution in [1.29, 1.82) is 0 Å². The summed E-state index contributed by atoms with van der Waals surface area (Å²) in [7, 11) is -4.00. The number of nitrogens with zero attached hydrogens (tertiary/aromatic N) is 3. The molecule has 36 heavy (non-hydrogen) atoms. The normalized spacial score (nSPS) is 15.0. The lowest BCUT2D eigenvalue weighted by molar-refractivity contribution is -0.137. The van der Waals surface area contributed by atoms with Crippen LogP contribution in [-0.4, -0.2) is 63.5 Å². The first-order valence-electron chi connectivity index (χ1n) is 10.3. The van der Waals surface area contributed by atoms with Gasteiger partial charge >= 0.3 is 16.3 Å². The Kier molecular flexibility index (Phi) is 7.71. The Labute approximate surface area is 203 Å². The van der Waals surface area contributed by atoms with E-state index in [2.05, 4.69) is 9.44 Å². The number of rotatable bonds is 5. The summed E-state index contributed by atoms with van der Waals surface area (Å²) in [6, 6.07) is 7.85. The van der Waals surface area contributed by atoms with Gasteiger partial charge in [0.2, 0.25) is 5.96 Å². The lowest BCUT2D eigenvalue weighted by Gasteiger charge is -2.37. The summed E-state index contributed by atoms with van der Waals surface area (Å²) in [6.45, 7) is 0.431. The minimum Gasteiger partial charge on any atom is -0.367 e. The number of oxime groups is 1. The molecule has 2 aromatic carbocycles. The molecule has 2 amide bonds. The number of piperazine rings is 1. The van der Waals surface area contributed by atoms with E-state index in [0.29, 0.717) is 12.3 Å². The van der Waals surface area contributed by atoms with Crippen molar-refractivity contribution in [3.05, 3.63) is 65.0 Å². The van der Waals surface area contributed by atoms with Crippen molar-refractivity contribution in [2.45, 2.75) is 6.18 Å². The number of hydrogen-bond acceptors (Lipinski definition) is 7. The molecule has 0 spiro atoms. The molecule has 0 saturated carbocycles. The number of nitrogens with one attached hydrogen (secondary N) is 1. The van der Waals surface area contributed by atoms with Gasteiger partial charge in [0, 0.05) is 43.0 Å². The van der Waals surface area contributed by atoms with Crippen LogP contribution in [0.25, 0.3) is 0 Å². The first-order valence-corrected chi connectivity index (χ1v) is 12.1. The molecule has 1 saturated heterocycles. The van der Waals surface area contributed by atoms with Gasteiger partial charge in [-0.1, -0.05) is 0 Å². The molecule has 3 N–H and O–H groups in total. The van der Waals surface area contributed by atoms with Gasteiger partial charge < -0.3 is 15.5 Å². The Hall–Kier alpha value is -3.88. The smallest absolute Gasteiger partial charge is 0.367 e. The van der Waals surface area contributed by atoms with E-state index in [1.807, 2.05) is 5.32 Å². The molecule has 1 aliphatic rings. The molecule has 0 aromatic heterocycles. The van der Waals surface area contributed by atoms with Crippen molar-refractivity contribution in [2.24, 2.45) is 10.9 Å². The second-order valence-corrected chi connectivity index (χ2v) is 9.28. The summed E-state index contributed by atoms with van der Waals surface area (Å²) in [4.78, 5) is 27.8. The summed E-state index contributed by atoms with van der Waals surface area (Å²) in [6.07, 6.45) is -4.13. The van der Waals surface area contributed by atoms with Crippen molar-refractivity contribution in [1.82, 2.24) is 10.2 Å². The minimum absolute atomic E-state index is 0.0873. The third kappa shape index (κ3) is 6.84. The fraction of sp³-hybridized carbons (Fsp3) is 0.286. The number of carbonyl (C=O) groups excluding carboxylic acids is 2. The van der Waals surface area contributed by atoms with Crippen molar-refractivity contribution in [3.63, 3.8) is 0 Å². The van der Waals surface area contributed by atoms with Gasteiger partial charge in [-0.05, 0) is 47.6 Å². The molecule has 2 aromatic rings. The topological polar surface area (TPSA) is 134 Å². The summed E-state index contributed by atoms with van der Waals surface area (Å²) in [5.41, 5.74) is 3.91. The molecule has 0 unspecified atom stereocenters. The second-order valence-electron chi connectivity index (χ2n) is 7.73. The van der Waals surface area contributed by atoms with Crippen LogP contribution in [0.2, 0.25) is 0 Å². The Morgan fingerprint density at radius 2 is 1.61 bits per heavy atom. The van der Waals surface area contributed by atoms with Crippen LogP contribution < -0.4 is 16.0 Å². The van der Waals surface area contributed by atoms with E-state index in [9.17, 15) is 35.6 Å². The van der Waals surface area contributed by atoms with Crippen LogP contribution in [0, 0.1) is 5.82 Å². The van der Waals surface area contributed by atoms with Gasteiger partial charge in [-0.3, -0.25) is 19.2 Å². The number of guanidine groups is 1. The summed E-state index contributed by atoms with van der Waals surface area (Å²) >= 11 is 0. The van der Waals surface area contributed by atoms with Gasteiger partial charge in [0.1, 0.15) is 5.82 Å². The maximum atomic E-state index is 13.8. The summed E-state index contributed by atoms with van der Waals surface area (Å²) < 4.78 is 80.5. The highest BCUT2D eigenvalue weighted by molar-refractivity contribution is 7.85. The minimum atomic E-state index is -4.81. The highest BCUT2D eigenvalue weighted by Gasteiger charge is 2.36. The predicted molar refractivity (Wildman–Crippen MR) is 121 cm³/mol. The first kappa shape index (κ1) is 26.7. The van der Waals surface area contributed by atoms with Crippen LogP contribution in [0.4, 0.5) is 23.2 Å². The van der Waals surface area contributed by atoms with Gasteiger partial charge in [0.05, 0.1) is 11.8 Å². The van der Waals surface area contributed by atoms with Crippen LogP contribution in [0.3, 0.4) is 0 Å². The number of hydrogen-bond donors (Lipinski definition) is 2. The highest BCUT2D eigenvalue weighted by atomic mass is 32.2. The van der Waals surface area contributed by atoms with Crippen LogP contribution >= 0.6 is 0 Å². The van der Waals surface area contributed by atoms with E-state index in [-0.39, 0.29) is 43.3 Å². The molecule has 0 radical (unpaired) electrons. The average molecular weight is 531 g/mol. The molecule has 15 heteroatoms. The Morgan fingerprint density at radius 1 is 1.03 bits per heavy atom. The summed E-state index contributed by atoms with van der Waals surface area (Å²) in [5, 5.41) is 4.90. The summed E-state index contributed by atoms with van der Waals surface area (Å²) in [5.74, 6) is -2.70. The zero-order valence-electron chi connectivity index (χ0n) is 18.8. The van der Waals surface area contributed by atoms with Crippen LogP contribution in [0.1, 0.15) is 26.3 Å². The maximum Gasteiger partial charge on any atom is 0.418 e. The van der Waals surface area contributed by atoms with Gasteiger partial charge in [0.25, 0.3) is 11.8 Å². The van der Waals surface area contributed by atoms with Crippen molar-refractivity contribution < 1.29 is 39.9 Å². The van der Waals surface area contributed by atoms with Crippen LogP contribution in [0.5, 0.6) is 0 Å². The van der Waals surface area contributed by atoms with Crippen molar-refractivity contribution in [3.8, 4) is 0 Å². The third-order valence-corrected chi connectivity index (χ3v) is 5.42. The van der Waals surface area contributed by atoms with Gasteiger partial charge in [-0.2, -0.15) is 21.6 Å². The van der Waals surface area contributed by atoms with E-state index in [1.165, 1.54) is 21.9 Å².